The Kier molecular flexibility index (Phi) is 3.03. The van der Waals surface area contributed by atoms with Crippen LogP contribution in [0, 0.1) is 27.2 Å². The summed E-state index contributed by atoms with van der Waals surface area (Å²) >= 11 is 0. The summed E-state index contributed by atoms with van der Waals surface area (Å²) in [6, 6.07) is 0.939. The van der Waals surface area contributed by atoms with E-state index < -0.39 is 38.5 Å². The van der Waals surface area contributed by atoms with Gasteiger partial charge in [-0.3, -0.25) is 20.2 Å². The van der Waals surface area contributed by atoms with E-state index in [4.69, 9.17) is 0 Å². The van der Waals surface area contributed by atoms with Gasteiger partial charge < -0.3 is 0 Å². The monoisotopic (exact) mass is 250 g/mol. The zero-order valence-electron chi connectivity index (χ0n) is 8.32. The van der Waals surface area contributed by atoms with Crippen LogP contribution in [0.3, 0.4) is 0 Å². The first kappa shape index (κ1) is 12.9. The van der Waals surface area contributed by atoms with Crippen LogP contribution >= 0.6 is 0 Å². The molecule has 0 unspecified atom stereocenters. The van der Waals surface area contributed by atoms with Crippen molar-refractivity contribution in [2.45, 2.75) is 13.1 Å². The Hall–Kier alpha value is -2.19. The largest absolute Gasteiger partial charge is 0.423 e. The molecular weight excluding hydrogens is 245 g/mol. The van der Waals surface area contributed by atoms with Crippen molar-refractivity contribution in [1.82, 2.24) is 0 Å². The molecule has 0 saturated carbocycles. The lowest BCUT2D eigenvalue weighted by Crippen LogP contribution is -2.11. The highest BCUT2D eigenvalue weighted by Gasteiger charge is 2.41. The van der Waals surface area contributed by atoms with Gasteiger partial charge in [0.2, 0.25) is 0 Å². The van der Waals surface area contributed by atoms with E-state index in [1.807, 2.05) is 0 Å². The molecule has 1 rings (SSSR count). The highest BCUT2D eigenvalue weighted by Crippen LogP contribution is 2.40. The van der Waals surface area contributed by atoms with Gasteiger partial charge in [-0.1, -0.05) is 0 Å². The van der Waals surface area contributed by atoms with E-state index >= 15 is 0 Å². The van der Waals surface area contributed by atoms with Gasteiger partial charge in [-0.2, -0.15) is 13.2 Å². The number of alkyl halides is 3. The molecule has 0 bridgehead atoms. The molecule has 0 fully saturated rings. The normalized spacial score (nSPS) is 11.3. The highest BCUT2D eigenvalue weighted by atomic mass is 19.4. The molecule has 1 aromatic rings. The van der Waals surface area contributed by atoms with Crippen molar-refractivity contribution in [2.24, 2.45) is 0 Å². The molecule has 0 aromatic heterocycles. The van der Waals surface area contributed by atoms with Crippen LogP contribution in [0.25, 0.3) is 0 Å². The Labute approximate surface area is 92.0 Å². The molecule has 0 aliphatic rings. The van der Waals surface area contributed by atoms with Crippen LogP contribution in [0.2, 0.25) is 0 Å². The van der Waals surface area contributed by atoms with Crippen molar-refractivity contribution < 1.29 is 23.0 Å². The summed E-state index contributed by atoms with van der Waals surface area (Å²) in [5.41, 5.74) is -4.11. The average molecular weight is 250 g/mol. The fourth-order valence-electron chi connectivity index (χ4n) is 1.35. The minimum absolute atomic E-state index is 0.337. The van der Waals surface area contributed by atoms with E-state index in [1.165, 1.54) is 0 Å². The van der Waals surface area contributed by atoms with Gasteiger partial charge in [0.25, 0.3) is 11.4 Å². The van der Waals surface area contributed by atoms with Crippen LogP contribution in [0.4, 0.5) is 24.5 Å². The number of rotatable bonds is 2. The second kappa shape index (κ2) is 4.00. The molecule has 6 nitrogen and oxygen atoms in total. The fourth-order valence-corrected chi connectivity index (χ4v) is 1.35. The summed E-state index contributed by atoms with van der Waals surface area (Å²) in [4.78, 5) is 18.8. The molecule has 0 aliphatic heterocycles. The van der Waals surface area contributed by atoms with E-state index in [-0.39, 0.29) is 0 Å². The molecule has 0 saturated heterocycles. The predicted octanol–water partition coefficient (Wildman–Crippen LogP) is 2.83. The van der Waals surface area contributed by atoms with Gasteiger partial charge in [-0.05, 0) is 13.0 Å². The lowest BCUT2D eigenvalue weighted by Gasteiger charge is -2.08. The molecule has 0 N–H and O–H groups in total. The van der Waals surface area contributed by atoms with E-state index in [0.29, 0.717) is 12.1 Å². The highest BCUT2D eigenvalue weighted by molar-refractivity contribution is 5.58. The number of hydrogen-bond acceptors (Lipinski definition) is 4. The number of nitro groups is 2. The molecule has 0 amide bonds. The first-order chi connectivity index (χ1) is 7.66. The zero-order chi connectivity index (χ0) is 13.4. The second-order valence-electron chi connectivity index (χ2n) is 3.12. The SMILES string of the molecule is Cc1c([N+](=O)[O-])ccc(C(F)(F)F)c1[N+](=O)[O-]. The molecule has 17 heavy (non-hydrogen) atoms. The van der Waals surface area contributed by atoms with Crippen molar-refractivity contribution >= 4 is 11.4 Å². The average Bonchev–Trinajstić information content (AvgIpc) is 2.14. The van der Waals surface area contributed by atoms with Gasteiger partial charge in [0.05, 0.1) is 9.85 Å². The van der Waals surface area contributed by atoms with Crippen molar-refractivity contribution in [3.63, 3.8) is 0 Å². The summed E-state index contributed by atoms with van der Waals surface area (Å²) < 4.78 is 37.3. The first-order valence-corrected chi connectivity index (χ1v) is 4.16. The predicted molar refractivity (Wildman–Crippen MR) is 49.5 cm³/mol. The molecule has 0 spiro atoms. The maximum absolute atomic E-state index is 12.4. The molecule has 0 aliphatic carbocycles. The van der Waals surface area contributed by atoms with Crippen LogP contribution in [0.15, 0.2) is 12.1 Å². The smallest absolute Gasteiger partial charge is 0.258 e. The molecule has 92 valence electrons. The third-order valence-electron chi connectivity index (χ3n) is 2.09. The summed E-state index contributed by atoms with van der Waals surface area (Å²) in [6.07, 6.45) is -4.93. The summed E-state index contributed by atoms with van der Waals surface area (Å²) in [6.45, 7) is 0.908. The van der Waals surface area contributed by atoms with Crippen LogP contribution in [0.5, 0.6) is 0 Å². The quantitative estimate of drug-likeness (QED) is 0.596. The molecule has 0 radical (unpaired) electrons. The number of halogens is 3. The van der Waals surface area contributed by atoms with Gasteiger partial charge in [0, 0.05) is 6.07 Å². The van der Waals surface area contributed by atoms with Gasteiger partial charge in [0.1, 0.15) is 11.1 Å². The lowest BCUT2D eigenvalue weighted by atomic mass is 10.1. The third-order valence-corrected chi connectivity index (χ3v) is 2.09. The zero-order valence-corrected chi connectivity index (χ0v) is 8.32. The Morgan fingerprint density at radius 2 is 1.65 bits per heavy atom. The minimum atomic E-state index is -4.93. The maximum Gasteiger partial charge on any atom is 0.423 e. The number of hydrogen-bond donors (Lipinski definition) is 0. The van der Waals surface area contributed by atoms with Gasteiger partial charge in [-0.15, -0.1) is 0 Å². The van der Waals surface area contributed by atoms with Crippen LogP contribution in [0.1, 0.15) is 11.1 Å². The summed E-state index contributed by atoms with van der Waals surface area (Å²) in [5, 5.41) is 21.0. The summed E-state index contributed by atoms with van der Waals surface area (Å²) in [5.74, 6) is 0. The van der Waals surface area contributed by atoms with Crippen molar-refractivity contribution in [1.29, 1.82) is 0 Å². The van der Waals surface area contributed by atoms with Crippen molar-refractivity contribution in [3.05, 3.63) is 43.5 Å². The number of nitro benzene ring substituents is 2. The summed E-state index contributed by atoms with van der Waals surface area (Å²) in [7, 11) is 0. The number of nitrogens with zero attached hydrogens (tertiary/aromatic N) is 2. The van der Waals surface area contributed by atoms with Crippen molar-refractivity contribution in [3.8, 4) is 0 Å². The number of benzene rings is 1. The first-order valence-electron chi connectivity index (χ1n) is 4.16. The molecule has 0 heterocycles. The van der Waals surface area contributed by atoms with Gasteiger partial charge in [-0.25, -0.2) is 0 Å². The Morgan fingerprint density at radius 3 is 2.00 bits per heavy atom. The van der Waals surface area contributed by atoms with Gasteiger partial charge in [0.15, 0.2) is 0 Å². The van der Waals surface area contributed by atoms with Crippen molar-refractivity contribution in [2.75, 3.05) is 0 Å². The fraction of sp³-hybridized carbons (Fsp3) is 0.250. The van der Waals surface area contributed by atoms with Gasteiger partial charge >= 0.3 is 6.18 Å². The third kappa shape index (κ3) is 2.32. The standard InChI is InChI=1S/C8H5F3N2O4/c1-4-6(12(14)15)3-2-5(8(9,10)11)7(4)13(16)17/h2-3H,1H3. The Balaban J connectivity index is 3.63. The van der Waals surface area contributed by atoms with E-state index in [0.717, 1.165) is 6.92 Å². The Morgan fingerprint density at radius 1 is 1.12 bits per heavy atom. The minimum Gasteiger partial charge on any atom is -0.258 e. The topological polar surface area (TPSA) is 86.3 Å². The molecule has 1 aromatic carbocycles. The van der Waals surface area contributed by atoms with E-state index in [1.54, 1.807) is 0 Å². The van der Waals surface area contributed by atoms with Crippen LogP contribution in [-0.2, 0) is 6.18 Å². The lowest BCUT2D eigenvalue weighted by molar-refractivity contribution is -0.397. The molecular formula is C8H5F3N2O4. The molecule has 9 heteroatoms. The maximum atomic E-state index is 12.4. The van der Waals surface area contributed by atoms with Crippen LogP contribution in [-0.4, -0.2) is 9.85 Å². The Bertz CT molecular complexity index is 498. The van der Waals surface area contributed by atoms with E-state index in [2.05, 4.69) is 0 Å². The van der Waals surface area contributed by atoms with Crippen LogP contribution < -0.4 is 0 Å². The molecule has 0 atom stereocenters. The van der Waals surface area contributed by atoms with E-state index in [9.17, 15) is 33.4 Å². The second-order valence-corrected chi connectivity index (χ2v) is 3.12.